The highest BCUT2D eigenvalue weighted by molar-refractivity contribution is 6.36. The number of hydrogen-bond acceptors (Lipinski definition) is 8. The number of benzene rings is 1. The average Bonchev–Trinajstić information content (AvgIpc) is 3.24. The molecule has 9 nitrogen and oxygen atoms in total. The zero-order valence-corrected chi connectivity index (χ0v) is 19.2. The van der Waals surface area contributed by atoms with Gasteiger partial charge in [0.25, 0.3) is 0 Å². The molecule has 11 heteroatoms. The van der Waals surface area contributed by atoms with Crippen molar-refractivity contribution in [3.63, 3.8) is 0 Å². The molecule has 0 aliphatic carbocycles. The first-order chi connectivity index (χ1) is 16.1. The molecule has 0 spiro atoms. The number of nitrogens with zero attached hydrogens (tertiary/aromatic N) is 6. The van der Waals surface area contributed by atoms with Crippen LogP contribution in [-0.4, -0.2) is 44.3 Å². The van der Waals surface area contributed by atoms with Gasteiger partial charge in [-0.1, -0.05) is 23.2 Å². The highest BCUT2D eigenvalue weighted by Gasteiger charge is 2.14. The van der Waals surface area contributed by atoms with Crippen molar-refractivity contribution in [2.75, 3.05) is 30.3 Å². The number of anilines is 2. The van der Waals surface area contributed by atoms with Crippen molar-refractivity contribution in [3.8, 4) is 17.3 Å². The minimum absolute atomic E-state index is 0.306. The summed E-state index contributed by atoms with van der Waals surface area (Å²) in [6.07, 6.45) is 1.52. The molecular weight excluding hydrogens is 463 g/mol. The molecule has 33 heavy (non-hydrogen) atoms. The van der Waals surface area contributed by atoms with E-state index < -0.39 is 0 Å². The fourth-order valence-corrected chi connectivity index (χ4v) is 3.57. The number of aromatic nitrogens is 5. The maximum atomic E-state index is 8.88. The Morgan fingerprint density at radius 1 is 1.09 bits per heavy atom. The lowest BCUT2D eigenvalue weighted by atomic mass is 10.1. The number of ether oxygens (including phenoxy) is 1. The van der Waals surface area contributed by atoms with Gasteiger partial charge >= 0.3 is 0 Å². The minimum Gasteiger partial charge on any atom is -0.374 e. The van der Waals surface area contributed by atoms with Gasteiger partial charge in [0.2, 0.25) is 5.95 Å². The average molecular weight is 483 g/mol. The number of hydrogen-bond donors (Lipinski definition) is 2. The van der Waals surface area contributed by atoms with Gasteiger partial charge < -0.3 is 15.4 Å². The first-order valence-electron chi connectivity index (χ1n) is 10.2. The van der Waals surface area contributed by atoms with E-state index in [9.17, 15) is 0 Å². The Balaban J connectivity index is 1.57. The van der Waals surface area contributed by atoms with Gasteiger partial charge in [-0.3, -0.25) is 0 Å². The molecule has 0 fully saturated rings. The number of nitrogens with one attached hydrogen (secondary N) is 2. The van der Waals surface area contributed by atoms with Crippen LogP contribution in [0.2, 0.25) is 10.0 Å². The molecule has 0 bridgehead atoms. The number of fused-ring (bicyclic) bond motifs is 1. The normalized spacial score (nSPS) is 10.8. The lowest BCUT2D eigenvalue weighted by Crippen LogP contribution is -2.17. The zero-order valence-electron chi connectivity index (χ0n) is 17.7. The molecule has 0 atom stereocenters. The van der Waals surface area contributed by atoms with E-state index in [1.165, 1.54) is 6.20 Å². The summed E-state index contributed by atoms with van der Waals surface area (Å²) in [5.74, 6) is 1.75. The summed E-state index contributed by atoms with van der Waals surface area (Å²) in [6.45, 7) is 3.89. The molecule has 4 rings (SSSR count). The molecule has 3 aromatic heterocycles. The molecule has 1 aromatic carbocycles. The third kappa shape index (κ3) is 5.49. The Morgan fingerprint density at radius 3 is 2.67 bits per heavy atom. The molecule has 0 aliphatic rings. The second kappa shape index (κ2) is 10.4. The van der Waals surface area contributed by atoms with Gasteiger partial charge in [-0.05, 0) is 37.3 Å². The number of nitriles is 1. The van der Waals surface area contributed by atoms with Crippen LogP contribution in [0.25, 0.3) is 16.9 Å². The maximum absolute atomic E-state index is 8.88. The van der Waals surface area contributed by atoms with E-state index in [0.29, 0.717) is 70.8 Å². The SMILES string of the molecule is CCOCc1nc2cc(-c3ccc(Cl)cc3Cl)nc(NCCNc3ccc(C#N)cn3)n2n1. The van der Waals surface area contributed by atoms with Crippen LogP contribution >= 0.6 is 23.2 Å². The molecule has 0 radical (unpaired) electrons. The third-order valence-electron chi connectivity index (χ3n) is 4.62. The Morgan fingerprint density at radius 2 is 1.94 bits per heavy atom. The van der Waals surface area contributed by atoms with Crippen molar-refractivity contribution in [2.24, 2.45) is 0 Å². The number of pyridine rings is 1. The lowest BCUT2D eigenvalue weighted by molar-refractivity contribution is 0.128. The largest absolute Gasteiger partial charge is 0.374 e. The summed E-state index contributed by atoms with van der Waals surface area (Å²) in [6, 6.07) is 12.6. The van der Waals surface area contributed by atoms with Gasteiger partial charge in [0, 0.05) is 42.5 Å². The van der Waals surface area contributed by atoms with Gasteiger partial charge in [-0.15, -0.1) is 5.10 Å². The van der Waals surface area contributed by atoms with Crippen molar-refractivity contribution < 1.29 is 4.74 Å². The zero-order chi connectivity index (χ0) is 23.2. The molecule has 0 amide bonds. The van der Waals surface area contributed by atoms with E-state index in [0.717, 1.165) is 5.56 Å². The van der Waals surface area contributed by atoms with Gasteiger partial charge in [0.15, 0.2) is 11.5 Å². The molecule has 0 saturated heterocycles. The van der Waals surface area contributed by atoms with E-state index in [1.807, 2.05) is 25.1 Å². The van der Waals surface area contributed by atoms with E-state index in [2.05, 4.69) is 25.7 Å². The second-order valence-electron chi connectivity index (χ2n) is 6.92. The monoisotopic (exact) mass is 482 g/mol. The summed E-state index contributed by atoms with van der Waals surface area (Å²) in [4.78, 5) is 13.5. The molecule has 2 N–H and O–H groups in total. The summed E-state index contributed by atoms with van der Waals surface area (Å²) >= 11 is 12.5. The van der Waals surface area contributed by atoms with Crippen LogP contribution in [0.1, 0.15) is 18.3 Å². The molecular formula is C22H20Cl2N8O. The molecule has 3 heterocycles. The molecule has 0 unspecified atom stereocenters. The summed E-state index contributed by atoms with van der Waals surface area (Å²) in [5, 5.41) is 20.9. The molecule has 4 aromatic rings. The fraction of sp³-hybridized carbons (Fsp3) is 0.227. The highest BCUT2D eigenvalue weighted by atomic mass is 35.5. The third-order valence-corrected chi connectivity index (χ3v) is 5.17. The van der Waals surface area contributed by atoms with Gasteiger partial charge in [-0.25, -0.2) is 15.0 Å². The van der Waals surface area contributed by atoms with Crippen LogP contribution in [-0.2, 0) is 11.3 Å². The minimum atomic E-state index is 0.306. The second-order valence-corrected chi connectivity index (χ2v) is 7.77. The Hall–Kier alpha value is -3.45. The van der Waals surface area contributed by atoms with Crippen LogP contribution in [0.4, 0.5) is 11.8 Å². The van der Waals surface area contributed by atoms with Crippen molar-refractivity contribution in [1.29, 1.82) is 5.26 Å². The molecule has 0 saturated carbocycles. The van der Waals surface area contributed by atoms with E-state index in [-0.39, 0.29) is 0 Å². The lowest BCUT2D eigenvalue weighted by Gasteiger charge is -2.11. The molecule has 168 valence electrons. The highest BCUT2D eigenvalue weighted by Crippen LogP contribution is 2.30. The van der Waals surface area contributed by atoms with Crippen LogP contribution in [0.3, 0.4) is 0 Å². The van der Waals surface area contributed by atoms with Gasteiger partial charge in [0.05, 0.1) is 16.3 Å². The topological polar surface area (TPSA) is 113 Å². The predicted molar refractivity (Wildman–Crippen MR) is 127 cm³/mol. The fourth-order valence-electron chi connectivity index (χ4n) is 3.07. The number of halogens is 2. The first kappa shape index (κ1) is 22.7. The standard InChI is InChI=1S/C22H20Cl2N8O/c1-2-33-13-20-30-21-10-18(16-5-4-15(23)9-17(16)24)29-22(32(21)31-20)27-8-7-26-19-6-3-14(11-25)12-28-19/h3-6,9-10,12H,2,7-8,13H2,1H3,(H,26,28)(H,27,29). The van der Waals surface area contributed by atoms with Crippen molar-refractivity contribution in [1.82, 2.24) is 24.6 Å². The quantitative estimate of drug-likeness (QED) is 0.337. The Labute approximate surface area is 200 Å². The van der Waals surface area contributed by atoms with E-state index >= 15 is 0 Å². The van der Waals surface area contributed by atoms with Crippen LogP contribution in [0.5, 0.6) is 0 Å². The van der Waals surface area contributed by atoms with Gasteiger partial charge in [-0.2, -0.15) is 9.78 Å². The summed E-state index contributed by atoms with van der Waals surface area (Å²) in [7, 11) is 0. The first-order valence-corrected chi connectivity index (χ1v) is 11.0. The van der Waals surface area contributed by atoms with Crippen LogP contribution in [0, 0.1) is 11.3 Å². The van der Waals surface area contributed by atoms with E-state index in [1.54, 1.807) is 28.8 Å². The van der Waals surface area contributed by atoms with Crippen molar-refractivity contribution in [3.05, 3.63) is 64.0 Å². The van der Waals surface area contributed by atoms with Crippen molar-refractivity contribution >= 4 is 40.6 Å². The Kier molecular flexibility index (Phi) is 7.19. The maximum Gasteiger partial charge on any atom is 0.226 e. The predicted octanol–water partition coefficient (Wildman–Crippen LogP) is 4.43. The van der Waals surface area contributed by atoms with Gasteiger partial charge in [0.1, 0.15) is 18.5 Å². The van der Waals surface area contributed by atoms with Crippen molar-refractivity contribution in [2.45, 2.75) is 13.5 Å². The van der Waals surface area contributed by atoms with Crippen LogP contribution < -0.4 is 10.6 Å². The summed E-state index contributed by atoms with van der Waals surface area (Å²) in [5.41, 5.74) is 2.51. The Bertz CT molecular complexity index is 1300. The summed E-state index contributed by atoms with van der Waals surface area (Å²) < 4.78 is 7.09. The molecule has 0 aliphatic heterocycles. The number of rotatable bonds is 9. The van der Waals surface area contributed by atoms with Crippen LogP contribution in [0.15, 0.2) is 42.6 Å². The van der Waals surface area contributed by atoms with E-state index in [4.69, 9.17) is 38.2 Å². The smallest absolute Gasteiger partial charge is 0.226 e.